The number of imidazole rings is 1. The highest BCUT2D eigenvalue weighted by Gasteiger charge is 2.53. The molecule has 0 aromatic carbocycles. The molecule has 1 saturated carbocycles. The van der Waals surface area contributed by atoms with Gasteiger partial charge >= 0.3 is 5.65 Å². The van der Waals surface area contributed by atoms with Gasteiger partial charge in [0.1, 0.15) is 29.4 Å². The van der Waals surface area contributed by atoms with Gasteiger partial charge in [-0.3, -0.25) is 14.5 Å². The van der Waals surface area contributed by atoms with E-state index in [2.05, 4.69) is 24.9 Å². The number of nitrogens with one attached hydrogen (secondary N) is 1. The molecule has 5 heterocycles. The normalized spacial score (nSPS) is 21.2. The number of oxime groups is 1. The van der Waals surface area contributed by atoms with E-state index < -0.39 is 29.2 Å². The lowest BCUT2D eigenvalue weighted by molar-refractivity contribution is -0.667. The molecule has 16 heteroatoms. The first-order valence-corrected chi connectivity index (χ1v) is 15.3. The van der Waals surface area contributed by atoms with Gasteiger partial charge in [0.2, 0.25) is 11.5 Å². The van der Waals surface area contributed by atoms with Gasteiger partial charge in [0.25, 0.3) is 11.8 Å². The van der Waals surface area contributed by atoms with Crippen LogP contribution in [-0.2, 0) is 25.8 Å². The fourth-order valence-corrected chi connectivity index (χ4v) is 6.90. The molecule has 218 valence electrons. The van der Waals surface area contributed by atoms with E-state index in [-0.39, 0.29) is 34.2 Å². The standard InChI is InChI=1S/C26H27N9O5S2/c1-2-33-11-12-34-17(33)10-9-15(30-34)8-7-14-13-41-24-19(23(37)35(24)20(14)25(38)39)28-22(36)18(21-29-26(27)42-32-21)31-40-16-5-3-4-6-16/h7-12,16,19,24H,2-6,13H2,1H3,(H3-,27,28,29,32,36,38,39)/b8-7+,31-18-/t19-,24-/m1/s1. The molecular weight excluding hydrogens is 582 g/mol. The zero-order valence-corrected chi connectivity index (χ0v) is 24.1. The van der Waals surface area contributed by atoms with E-state index in [1.807, 2.05) is 36.0 Å². The van der Waals surface area contributed by atoms with Crippen LogP contribution in [0.25, 0.3) is 11.7 Å². The quantitative estimate of drug-likeness (QED) is 0.143. The first-order valence-electron chi connectivity index (χ1n) is 13.4. The maximum Gasteiger partial charge on any atom is 0.307 e. The number of fused-ring (bicyclic) bond motifs is 2. The molecule has 0 spiro atoms. The Bertz CT molecular complexity index is 1660. The maximum atomic E-state index is 13.3. The fraction of sp³-hybridized carbons (Fsp3) is 0.385. The molecule has 2 amide bonds. The minimum Gasteiger partial charge on any atom is -0.543 e. The number of hydrogen-bond donors (Lipinski definition) is 2. The Kier molecular flexibility index (Phi) is 7.64. The van der Waals surface area contributed by atoms with E-state index in [0.717, 1.165) is 54.3 Å². The van der Waals surface area contributed by atoms with E-state index in [1.165, 1.54) is 11.8 Å². The van der Waals surface area contributed by atoms with Crippen molar-refractivity contribution in [2.45, 2.75) is 56.7 Å². The number of carboxylic acid groups (broad SMARTS) is 1. The Balaban J connectivity index is 1.19. The summed E-state index contributed by atoms with van der Waals surface area (Å²) in [4.78, 5) is 49.4. The third-order valence-corrected chi connectivity index (χ3v) is 9.13. The van der Waals surface area contributed by atoms with Crippen molar-refractivity contribution >= 4 is 63.6 Å². The monoisotopic (exact) mass is 609 g/mol. The highest BCUT2D eigenvalue weighted by atomic mass is 32.2. The number of rotatable bonds is 9. The van der Waals surface area contributed by atoms with Crippen LogP contribution in [0, 0.1) is 0 Å². The summed E-state index contributed by atoms with van der Waals surface area (Å²) in [6.07, 6.45) is 10.6. The summed E-state index contributed by atoms with van der Waals surface area (Å²) in [5, 5.41) is 22.9. The summed E-state index contributed by atoms with van der Waals surface area (Å²) < 4.78 is 7.85. The number of allylic oxidation sites excluding steroid dienone is 1. The molecule has 3 aromatic heterocycles. The molecule has 14 nitrogen and oxygen atoms in total. The molecule has 3 N–H and O–H groups in total. The molecule has 6 rings (SSSR count). The number of nitrogens with zero attached hydrogens (tertiary/aromatic N) is 7. The fourth-order valence-electron chi connectivity index (χ4n) is 5.15. The van der Waals surface area contributed by atoms with E-state index in [1.54, 1.807) is 16.7 Å². The Morgan fingerprint density at radius 2 is 2.12 bits per heavy atom. The Morgan fingerprint density at radius 3 is 2.83 bits per heavy atom. The van der Waals surface area contributed by atoms with Crippen molar-refractivity contribution in [1.82, 2.24) is 29.2 Å². The molecule has 2 aliphatic heterocycles. The minimum atomic E-state index is -1.48. The van der Waals surface area contributed by atoms with Crippen LogP contribution in [0.3, 0.4) is 0 Å². The van der Waals surface area contributed by atoms with Crippen LogP contribution in [0.15, 0.2) is 47.0 Å². The minimum absolute atomic E-state index is 0.00751. The van der Waals surface area contributed by atoms with Gasteiger partial charge in [-0.05, 0) is 50.3 Å². The van der Waals surface area contributed by atoms with E-state index >= 15 is 0 Å². The van der Waals surface area contributed by atoms with Crippen molar-refractivity contribution in [3.63, 3.8) is 0 Å². The molecule has 1 saturated heterocycles. The van der Waals surface area contributed by atoms with Gasteiger partial charge in [-0.25, -0.2) is 4.57 Å². The molecule has 0 unspecified atom stereocenters. The predicted molar refractivity (Wildman–Crippen MR) is 151 cm³/mol. The van der Waals surface area contributed by atoms with Gasteiger partial charge in [0, 0.05) is 23.4 Å². The van der Waals surface area contributed by atoms with Crippen LogP contribution in [-0.4, -0.2) is 70.6 Å². The summed E-state index contributed by atoms with van der Waals surface area (Å²) in [7, 11) is 0. The number of amides is 2. The molecule has 0 bridgehead atoms. The van der Waals surface area contributed by atoms with Crippen LogP contribution in [0.1, 0.15) is 44.1 Å². The summed E-state index contributed by atoms with van der Waals surface area (Å²) in [6.45, 7) is 2.84. The number of nitrogen functional groups attached to an aromatic ring is 1. The smallest absolute Gasteiger partial charge is 0.307 e. The molecule has 42 heavy (non-hydrogen) atoms. The van der Waals surface area contributed by atoms with Gasteiger partial charge in [-0.2, -0.15) is 9.36 Å². The van der Waals surface area contributed by atoms with Gasteiger partial charge in [-0.1, -0.05) is 16.3 Å². The number of aromatic nitrogens is 5. The third kappa shape index (κ3) is 5.22. The van der Waals surface area contributed by atoms with Crippen LogP contribution in [0.2, 0.25) is 0 Å². The molecule has 3 aliphatic rings. The second-order valence-corrected chi connectivity index (χ2v) is 11.8. The number of carbonyl (C=O) groups excluding carboxylic acids is 3. The summed E-state index contributed by atoms with van der Waals surface area (Å²) in [6, 6.07) is 2.77. The lowest BCUT2D eigenvalue weighted by atomic mass is 10.0. The molecule has 2 atom stereocenters. The number of thioether (sulfide) groups is 1. The molecular formula is C26H27N9O5S2. The first kappa shape index (κ1) is 27.8. The van der Waals surface area contributed by atoms with Crippen molar-refractivity contribution in [2.75, 3.05) is 11.5 Å². The molecule has 2 fully saturated rings. The Labute approximate surface area is 248 Å². The maximum absolute atomic E-state index is 13.3. The van der Waals surface area contributed by atoms with Crippen LogP contribution in [0.4, 0.5) is 5.13 Å². The zero-order chi connectivity index (χ0) is 29.4. The number of aryl methyl sites for hydroxylation is 1. The van der Waals surface area contributed by atoms with Gasteiger partial charge < -0.3 is 25.8 Å². The Morgan fingerprint density at radius 1 is 1.31 bits per heavy atom. The molecule has 1 aliphatic carbocycles. The largest absolute Gasteiger partial charge is 0.543 e. The highest BCUT2D eigenvalue weighted by molar-refractivity contribution is 8.00. The number of aliphatic carboxylic acids is 1. The second kappa shape index (κ2) is 11.5. The lowest BCUT2D eigenvalue weighted by Gasteiger charge is -2.50. The van der Waals surface area contributed by atoms with Crippen LogP contribution >= 0.6 is 23.3 Å². The van der Waals surface area contributed by atoms with Crippen LogP contribution < -0.4 is 20.7 Å². The van der Waals surface area contributed by atoms with E-state index in [9.17, 15) is 19.5 Å². The number of anilines is 1. The lowest BCUT2D eigenvalue weighted by Crippen LogP contribution is -2.71. The van der Waals surface area contributed by atoms with E-state index in [0.29, 0.717) is 11.3 Å². The van der Waals surface area contributed by atoms with Crippen molar-refractivity contribution in [3.8, 4) is 0 Å². The zero-order valence-electron chi connectivity index (χ0n) is 22.5. The van der Waals surface area contributed by atoms with Crippen molar-refractivity contribution in [1.29, 1.82) is 0 Å². The number of β-lactam (4-membered cyclic amide) rings is 1. The van der Waals surface area contributed by atoms with Gasteiger partial charge in [-0.15, -0.1) is 16.3 Å². The topological polar surface area (TPSA) is 184 Å². The number of carbonyl (C=O) groups is 3. The second-order valence-electron chi connectivity index (χ2n) is 9.91. The molecule has 3 aromatic rings. The average molecular weight is 610 g/mol. The number of hydrogen-bond acceptors (Lipinski definition) is 12. The Hall–Kier alpha value is -4.31. The predicted octanol–water partition coefficient (Wildman–Crippen LogP) is -0.144. The van der Waals surface area contributed by atoms with E-state index in [4.69, 9.17) is 10.6 Å². The van der Waals surface area contributed by atoms with Crippen LogP contribution in [0.5, 0.6) is 0 Å². The van der Waals surface area contributed by atoms with Crippen molar-refractivity contribution in [3.05, 3.63) is 53.4 Å². The molecule has 0 radical (unpaired) electrons. The van der Waals surface area contributed by atoms with Crippen molar-refractivity contribution < 1.29 is 28.9 Å². The van der Waals surface area contributed by atoms with Gasteiger partial charge in [0.05, 0.1) is 18.2 Å². The summed E-state index contributed by atoms with van der Waals surface area (Å²) in [5.41, 5.74) is 7.22. The number of nitrogens with two attached hydrogens (primary N) is 1. The summed E-state index contributed by atoms with van der Waals surface area (Å²) in [5.74, 6) is -2.51. The summed E-state index contributed by atoms with van der Waals surface area (Å²) >= 11 is 2.23. The van der Waals surface area contributed by atoms with Crippen molar-refractivity contribution in [2.24, 2.45) is 5.16 Å². The average Bonchev–Trinajstić information content (AvgIpc) is 3.75. The third-order valence-electron chi connectivity index (χ3n) is 7.28. The highest BCUT2D eigenvalue weighted by Crippen LogP contribution is 2.40. The SMILES string of the molecule is CC[n+]1ccn2nc(/C=C/C3=C(C(=O)[O-])N4C(=O)[C@@H](NC(=O)/C(=N\OC5CCCC5)c5nsc(N)n5)[C@H]4SC3)ccc21. The van der Waals surface area contributed by atoms with Gasteiger partial charge in [0.15, 0.2) is 11.3 Å². The number of carboxylic acids is 1. The first-order chi connectivity index (χ1) is 20.3.